The van der Waals surface area contributed by atoms with E-state index in [0.29, 0.717) is 6.54 Å². The van der Waals surface area contributed by atoms with E-state index in [1.165, 1.54) is 11.3 Å². The molecule has 0 amide bonds. The monoisotopic (exact) mass is 340 g/mol. The van der Waals surface area contributed by atoms with Gasteiger partial charge in [0.15, 0.2) is 0 Å². The van der Waals surface area contributed by atoms with Gasteiger partial charge in [-0.05, 0) is 45.9 Å². The molecule has 0 N–H and O–H groups in total. The lowest BCUT2D eigenvalue weighted by molar-refractivity contribution is 0.759. The molecule has 0 aliphatic carbocycles. The molecule has 3 aromatic heterocycles. The highest BCUT2D eigenvalue weighted by atomic mass is 79.9. The Morgan fingerprint density at radius 3 is 3.00 bits per heavy atom. The molecule has 92 valence electrons. The largest absolute Gasteiger partial charge is 0.293 e. The summed E-state index contributed by atoms with van der Waals surface area (Å²) in [5, 5.41) is 1.98. The predicted molar refractivity (Wildman–Crippen MR) is 79.7 cm³/mol. The number of fused-ring (bicyclic) bond motifs is 1. The molecule has 0 fully saturated rings. The molecule has 3 aromatic rings. The van der Waals surface area contributed by atoms with E-state index in [9.17, 15) is 4.79 Å². The fourth-order valence-electron chi connectivity index (χ4n) is 1.78. The van der Waals surface area contributed by atoms with Crippen molar-refractivity contribution in [2.45, 2.75) is 13.5 Å². The van der Waals surface area contributed by atoms with E-state index in [-0.39, 0.29) is 5.56 Å². The van der Waals surface area contributed by atoms with Crippen molar-refractivity contribution >= 4 is 48.8 Å². The van der Waals surface area contributed by atoms with Crippen LogP contribution in [0, 0.1) is 6.92 Å². The zero-order chi connectivity index (χ0) is 12.7. The Morgan fingerprint density at radius 1 is 1.44 bits per heavy atom. The van der Waals surface area contributed by atoms with Crippen molar-refractivity contribution in [1.29, 1.82) is 0 Å². The lowest BCUT2D eigenvalue weighted by atomic mass is 10.3. The zero-order valence-electron chi connectivity index (χ0n) is 9.51. The van der Waals surface area contributed by atoms with Crippen LogP contribution < -0.4 is 5.56 Å². The van der Waals surface area contributed by atoms with E-state index < -0.39 is 0 Å². The Hall–Kier alpha value is -0.980. The Kier molecular flexibility index (Phi) is 3.09. The summed E-state index contributed by atoms with van der Waals surface area (Å²) in [6.45, 7) is 2.56. The minimum absolute atomic E-state index is 0.0441. The van der Waals surface area contributed by atoms with Gasteiger partial charge in [0.2, 0.25) is 0 Å². The molecule has 0 aliphatic heterocycles. The fraction of sp³-hybridized carbons (Fsp3) is 0.167. The number of halogens is 1. The standard InChI is InChI=1S/C12H9BrN2OS2/c1-7-5-17-11-10(7)14-6-15(12(11)16)4-8-2-3-9(13)18-8/h2-3,5-6H,4H2,1H3. The van der Waals surface area contributed by atoms with Crippen LogP contribution in [0.1, 0.15) is 10.4 Å². The molecule has 0 spiro atoms. The van der Waals surface area contributed by atoms with Crippen LogP contribution in [0.25, 0.3) is 10.2 Å². The highest BCUT2D eigenvalue weighted by molar-refractivity contribution is 9.11. The van der Waals surface area contributed by atoms with Crippen LogP contribution in [0.15, 0.2) is 32.4 Å². The summed E-state index contributed by atoms with van der Waals surface area (Å²) in [6, 6.07) is 4.01. The number of thiophene rings is 2. The van der Waals surface area contributed by atoms with E-state index in [2.05, 4.69) is 20.9 Å². The van der Waals surface area contributed by atoms with Crippen molar-refractivity contribution in [3.8, 4) is 0 Å². The van der Waals surface area contributed by atoms with E-state index in [1.54, 1.807) is 22.2 Å². The quantitative estimate of drug-likeness (QED) is 0.713. The molecular formula is C12H9BrN2OS2. The fourth-order valence-corrected chi connectivity index (χ4v) is 4.21. The van der Waals surface area contributed by atoms with Gasteiger partial charge in [-0.2, -0.15) is 0 Å². The van der Waals surface area contributed by atoms with Crippen LogP contribution in [-0.2, 0) is 6.54 Å². The second-order valence-electron chi connectivity index (χ2n) is 3.98. The molecular weight excluding hydrogens is 332 g/mol. The molecule has 3 heterocycles. The molecule has 0 bridgehead atoms. The van der Waals surface area contributed by atoms with Gasteiger partial charge in [0.25, 0.3) is 5.56 Å². The summed E-state index contributed by atoms with van der Waals surface area (Å²) in [7, 11) is 0. The van der Waals surface area contributed by atoms with Gasteiger partial charge in [0.05, 0.1) is 22.2 Å². The van der Waals surface area contributed by atoms with Gasteiger partial charge in [-0.3, -0.25) is 9.36 Å². The minimum atomic E-state index is 0.0441. The molecule has 18 heavy (non-hydrogen) atoms. The summed E-state index contributed by atoms with van der Waals surface area (Å²) < 4.78 is 3.48. The lowest BCUT2D eigenvalue weighted by Gasteiger charge is -2.02. The normalized spacial score (nSPS) is 11.2. The number of rotatable bonds is 2. The second kappa shape index (κ2) is 4.60. The molecule has 0 saturated heterocycles. The molecule has 0 saturated carbocycles. The van der Waals surface area contributed by atoms with Crippen molar-refractivity contribution < 1.29 is 0 Å². The number of hydrogen-bond donors (Lipinski definition) is 0. The first-order valence-electron chi connectivity index (χ1n) is 5.32. The number of hydrogen-bond acceptors (Lipinski definition) is 4. The van der Waals surface area contributed by atoms with Crippen LogP contribution in [-0.4, -0.2) is 9.55 Å². The third-order valence-electron chi connectivity index (χ3n) is 2.68. The Bertz CT molecular complexity index is 772. The van der Waals surface area contributed by atoms with Crippen molar-refractivity contribution in [3.05, 3.63) is 48.4 Å². The molecule has 0 radical (unpaired) electrons. The van der Waals surface area contributed by atoms with Crippen molar-refractivity contribution in [2.24, 2.45) is 0 Å². The molecule has 0 aromatic carbocycles. The molecule has 0 aliphatic rings. The van der Waals surface area contributed by atoms with E-state index in [1.807, 2.05) is 24.4 Å². The lowest BCUT2D eigenvalue weighted by Crippen LogP contribution is -2.19. The SMILES string of the molecule is Cc1csc2c(=O)n(Cc3ccc(Br)s3)cnc12. The van der Waals surface area contributed by atoms with Gasteiger partial charge in [-0.1, -0.05) is 0 Å². The van der Waals surface area contributed by atoms with Crippen molar-refractivity contribution in [3.63, 3.8) is 0 Å². The molecule has 3 nitrogen and oxygen atoms in total. The summed E-state index contributed by atoms with van der Waals surface area (Å²) in [5.74, 6) is 0. The summed E-state index contributed by atoms with van der Waals surface area (Å²) in [4.78, 5) is 17.8. The molecule has 0 unspecified atom stereocenters. The first-order chi connectivity index (χ1) is 8.65. The van der Waals surface area contributed by atoms with Crippen molar-refractivity contribution in [2.75, 3.05) is 0 Å². The summed E-state index contributed by atoms with van der Waals surface area (Å²) in [5.41, 5.74) is 1.94. The minimum Gasteiger partial charge on any atom is -0.293 e. The zero-order valence-corrected chi connectivity index (χ0v) is 12.7. The van der Waals surface area contributed by atoms with Crippen molar-refractivity contribution in [1.82, 2.24) is 9.55 Å². The average Bonchev–Trinajstić information content (AvgIpc) is 2.91. The van der Waals surface area contributed by atoms with Gasteiger partial charge in [0.1, 0.15) is 4.70 Å². The highest BCUT2D eigenvalue weighted by Crippen LogP contribution is 2.23. The maximum Gasteiger partial charge on any atom is 0.271 e. The summed E-state index contributed by atoms with van der Waals surface area (Å²) in [6.07, 6.45) is 1.64. The van der Waals surface area contributed by atoms with E-state index in [4.69, 9.17) is 0 Å². The second-order valence-corrected chi connectivity index (χ2v) is 7.41. The number of aromatic nitrogens is 2. The predicted octanol–water partition coefficient (Wildman–Crippen LogP) is 3.64. The van der Waals surface area contributed by atoms with E-state index >= 15 is 0 Å². The number of nitrogens with zero attached hydrogens (tertiary/aromatic N) is 2. The number of aryl methyl sites for hydroxylation is 1. The molecule has 3 rings (SSSR count). The maximum absolute atomic E-state index is 12.3. The summed E-state index contributed by atoms with van der Waals surface area (Å²) >= 11 is 6.53. The van der Waals surface area contributed by atoms with Gasteiger partial charge in [-0.15, -0.1) is 22.7 Å². The molecule has 6 heteroatoms. The smallest absolute Gasteiger partial charge is 0.271 e. The topological polar surface area (TPSA) is 34.9 Å². The Labute approximate surface area is 120 Å². The third-order valence-corrected chi connectivity index (χ3v) is 5.36. The van der Waals surface area contributed by atoms with Gasteiger partial charge < -0.3 is 0 Å². The van der Waals surface area contributed by atoms with Crippen LogP contribution in [0.4, 0.5) is 0 Å². The highest BCUT2D eigenvalue weighted by Gasteiger charge is 2.09. The average molecular weight is 341 g/mol. The van der Waals surface area contributed by atoms with Gasteiger partial charge in [-0.25, -0.2) is 4.98 Å². The maximum atomic E-state index is 12.3. The Morgan fingerprint density at radius 2 is 2.28 bits per heavy atom. The first-order valence-corrected chi connectivity index (χ1v) is 7.81. The first kappa shape index (κ1) is 12.1. The third kappa shape index (κ3) is 2.04. The Balaban J connectivity index is 2.07. The van der Waals surface area contributed by atoms with Crippen LogP contribution in [0.2, 0.25) is 0 Å². The van der Waals surface area contributed by atoms with E-state index in [0.717, 1.165) is 24.4 Å². The van der Waals surface area contributed by atoms with Crippen LogP contribution in [0.5, 0.6) is 0 Å². The van der Waals surface area contributed by atoms with Gasteiger partial charge in [0, 0.05) is 4.88 Å². The van der Waals surface area contributed by atoms with Crippen LogP contribution in [0.3, 0.4) is 0 Å². The van der Waals surface area contributed by atoms with Crippen LogP contribution >= 0.6 is 38.6 Å². The molecule has 0 atom stereocenters. The van der Waals surface area contributed by atoms with Gasteiger partial charge >= 0.3 is 0 Å².